The van der Waals surface area contributed by atoms with Gasteiger partial charge in [-0.25, -0.2) is 0 Å². The van der Waals surface area contributed by atoms with Crippen LogP contribution in [0.4, 0.5) is 0 Å². The zero-order valence-electron chi connectivity index (χ0n) is 14.5. The smallest absolute Gasteiger partial charge is 0.0681 e. The van der Waals surface area contributed by atoms with Crippen LogP contribution < -0.4 is 5.32 Å². The third-order valence-corrected chi connectivity index (χ3v) is 5.10. The standard InChI is InChI=1S/C21H28N2O/c1-17(20-5-3-2-4-6-20)23-14-12-21(15-23)22-13-11-18-7-9-19(16-24)10-8-18/h2-10,17,21-22,24H,11-16H2,1H3. The second-order valence-corrected chi connectivity index (χ2v) is 6.75. The maximum absolute atomic E-state index is 9.08. The molecule has 0 aliphatic carbocycles. The van der Waals surface area contributed by atoms with Gasteiger partial charge in [-0.15, -0.1) is 0 Å². The maximum atomic E-state index is 9.08. The molecule has 0 bridgehead atoms. The SMILES string of the molecule is CC(c1ccccc1)N1CCC(NCCc2ccc(CO)cc2)C1. The molecule has 0 saturated carbocycles. The molecule has 3 rings (SSSR count). The van der Waals surface area contributed by atoms with Crippen LogP contribution in [-0.2, 0) is 13.0 Å². The van der Waals surface area contributed by atoms with Gasteiger partial charge in [-0.2, -0.15) is 0 Å². The van der Waals surface area contributed by atoms with Gasteiger partial charge in [0.15, 0.2) is 0 Å². The first-order valence-electron chi connectivity index (χ1n) is 8.97. The highest BCUT2D eigenvalue weighted by atomic mass is 16.3. The predicted octanol–water partition coefficient (Wildman–Crippen LogP) is 3.15. The van der Waals surface area contributed by atoms with Crippen molar-refractivity contribution < 1.29 is 5.11 Å². The summed E-state index contributed by atoms with van der Waals surface area (Å²) in [4.78, 5) is 2.57. The van der Waals surface area contributed by atoms with Gasteiger partial charge in [-0.1, -0.05) is 54.6 Å². The number of nitrogens with one attached hydrogen (secondary N) is 1. The third-order valence-electron chi connectivity index (χ3n) is 5.10. The highest BCUT2D eigenvalue weighted by Crippen LogP contribution is 2.24. The minimum absolute atomic E-state index is 0.121. The normalized spacial score (nSPS) is 19.5. The van der Waals surface area contributed by atoms with Crippen molar-refractivity contribution in [2.24, 2.45) is 0 Å². The lowest BCUT2D eigenvalue weighted by Gasteiger charge is -2.25. The van der Waals surface area contributed by atoms with E-state index in [1.54, 1.807) is 0 Å². The number of rotatable bonds is 7. The van der Waals surface area contributed by atoms with Crippen LogP contribution in [0.3, 0.4) is 0 Å². The van der Waals surface area contributed by atoms with Gasteiger partial charge in [0.2, 0.25) is 0 Å². The fraction of sp³-hybridized carbons (Fsp3) is 0.429. The largest absolute Gasteiger partial charge is 0.392 e. The van der Waals surface area contributed by atoms with Gasteiger partial charge in [0.1, 0.15) is 0 Å². The molecule has 3 heteroatoms. The van der Waals surface area contributed by atoms with Crippen molar-refractivity contribution in [1.29, 1.82) is 0 Å². The molecule has 2 aromatic carbocycles. The molecule has 0 spiro atoms. The summed E-state index contributed by atoms with van der Waals surface area (Å²) < 4.78 is 0. The summed E-state index contributed by atoms with van der Waals surface area (Å²) in [6, 6.07) is 20.1. The number of nitrogens with zero attached hydrogens (tertiary/aromatic N) is 1. The Labute approximate surface area is 145 Å². The van der Waals surface area contributed by atoms with Gasteiger partial charge < -0.3 is 10.4 Å². The molecule has 0 amide bonds. The van der Waals surface area contributed by atoms with E-state index >= 15 is 0 Å². The summed E-state index contributed by atoms with van der Waals surface area (Å²) in [6.07, 6.45) is 2.26. The van der Waals surface area contributed by atoms with E-state index in [1.807, 2.05) is 12.1 Å². The van der Waals surface area contributed by atoms with Gasteiger partial charge in [0.25, 0.3) is 0 Å². The van der Waals surface area contributed by atoms with Crippen molar-refractivity contribution in [3.8, 4) is 0 Å². The number of benzene rings is 2. The van der Waals surface area contributed by atoms with Crippen LogP contribution in [0.5, 0.6) is 0 Å². The molecular formula is C21H28N2O. The van der Waals surface area contributed by atoms with E-state index in [4.69, 9.17) is 5.11 Å². The lowest BCUT2D eigenvalue weighted by molar-refractivity contribution is 0.256. The monoisotopic (exact) mass is 324 g/mol. The van der Waals surface area contributed by atoms with Gasteiger partial charge in [0, 0.05) is 25.2 Å². The molecule has 1 saturated heterocycles. The van der Waals surface area contributed by atoms with E-state index in [9.17, 15) is 0 Å². The number of hydrogen-bond acceptors (Lipinski definition) is 3. The van der Waals surface area contributed by atoms with Gasteiger partial charge >= 0.3 is 0 Å². The van der Waals surface area contributed by atoms with Crippen molar-refractivity contribution in [3.63, 3.8) is 0 Å². The molecule has 0 radical (unpaired) electrons. The first-order chi connectivity index (χ1) is 11.8. The molecule has 2 aromatic rings. The molecule has 24 heavy (non-hydrogen) atoms. The number of aliphatic hydroxyl groups excluding tert-OH is 1. The Balaban J connectivity index is 1.43. The summed E-state index contributed by atoms with van der Waals surface area (Å²) in [6.45, 7) is 5.73. The lowest BCUT2D eigenvalue weighted by atomic mass is 10.1. The second-order valence-electron chi connectivity index (χ2n) is 6.75. The number of likely N-dealkylation sites (tertiary alicyclic amines) is 1. The summed E-state index contributed by atoms with van der Waals surface area (Å²) in [5.41, 5.74) is 3.71. The Kier molecular flexibility index (Phi) is 6.02. The Hall–Kier alpha value is -1.68. The van der Waals surface area contributed by atoms with Crippen LogP contribution in [-0.4, -0.2) is 35.7 Å². The van der Waals surface area contributed by atoms with Crippen LogP contribution in [0.15, 0.2) is 54.6 Å². The molecule has 128 valence electrons. The van der Waals surface area contributed by atoms with Gasteiger partial charge in [-0.05, 0) is 43.0 Å². The molecule has 1 heterocycles. The van der Waals surface area contributed by atoms with E-state index in [2.05, 4.69) is 59.6 Å². The van der Waals surface area contributed by atoms with E-state index in [0.717, 1.165) is 25.1 Å². The van der Waals surface area contributed by atoms with Crippen LogP contribution in [0.2, 0.25) is 0 Å². The van der Waals surface area contributed by atoms with Crippen molar-refractivity contribution in [3.05, 3.63) is 71.3 Å². The zero-order valence-corrected chi connectivity index (χ0v) is 14.5. The summed E-state index contributed by atoms with van der Waals surface area (Å²) in [7, 11) is 0. The summed E-state index contributed by atoms with van der Waals surface area (Å²) in [5, 5.41) is 12.8. The quantitative estimate of drug-likeness (QED) is 0.821. The molecule has 2 unspecified atom stereocenters. The Bertz CT molecular complexity index is 611. The zero-order chi connectivity index (χ0) is 16.8. The average molecular weight is 324 g/mol. The fourth-order valence-electron chi connectivity index (χ4n) is 3.48. The fourth-order valence-corrected chi connectivity index (χ4v) is 3.48. The van der Waals surface area contributed by atoms with Crippen LogP contribution in [0.1, 0.15) is 36.1 Å². The molecule has 2 N–H and O–H groups in total. The minimum Gasteiger partial charge on any atom is -0.392 e. The van der Waals surface area contributed by atoms with Crippen LogP contribution >= 0.6 is 0 Å². The molecule has 2 atom stereocenters. The topological polar surface area (TPSA) is 35.5 Å². The molecular weight excluding hydrogens is 296 g/mol. The predicted molar refractivity (Wildman–Crippen MR) is 98.9 cm³/mol. The van der Waals surface area contributed by atoms with E-state index in [0.29, 0.717) is 12.1 Å². The van der Waals surface area contributed by atoms with Crippen molar-refractivity contribution in [2.45, 2.75) is 38.5 Å². The summed E-state index contributed by atoms with van der Waals surface area (Å²) >= 11 is 0. The molecule has 3 nitrogen and oxygen atoms in total. The molecule has 1 aliphatic rings. The molecule has 1 fully saturated rings. The Morgan fingerprint density at radius 1 is 1.08 bits per heavy atom. The van der Waals surface area contributed by atoms with Crippen LogP contribution in [0, 0.1) is 0 Å². The average Bonchev–Trinajstić information content (AvgIpc) is 3.11. The Morgan fingerprint density at radius 3 is 2.50 bits per heavy atom. The van der Waals surface area contributed by atoms with Crippen molar-refractivity contribution in [2.75, 3.05) is 19.6 Å². The number of aliphatic hydroxyl groups is 1. The maximum Gasteiger partial charge on any atom is 0.0681 e. The van der Waals surface area contributed by atoms with Crippen molar-refractivity contribution >= 4 is 0 Å². The van der Waals surface area contributed by atoms with Gasteiger partial charge in [0.05, 0.1) is 6.61 Å². The van der Waals surface area contributed by atoms with E-state index in [-0.39, 0.29) is 6.61 Å². The lowest BCUT2D eigenvalue weighted by Crippen LogP contribution is -2.34. The Morgan fingerprint density at radius 2 is 1.79 bits per heavy atom. The number of hydrogen-bond donors (Lipinski definition) is 2. The van der Waals surface area contributed by atoms with Crippen LogP contribution in [0.25, 0.3) is 0 Å². The first-order valence-corrected chi connectivity index (χ1v) is 8.97. The highest BCUT2D eigenvalue weighted by Gasteiger charge is 2.26. The van der Waals surface area contributed by atoms with Crippen molar-refractivity contribution in [1.82, 2.24) is 10.2 Å². The molecule has 1 aliphatic heterocycles. The minimum atomic E-state index is 0.121. The second kappa shape index (κ2) is 8.43. The van der Waals surface area contributed by atoms with E-state index < -0.39 is 0 Å². The highest BCUT2D eigenvalue weighted by molar-refractivity contribution is 5.22. The van der Waals surface area contributed by atoms with Gasteiger partial charge in [-0.3, -0.25) is 4.90 Å². The first kappa shape index (κ1) is 17.2. The molecule has 0 aromatic heterocycles. The van der Waals surface area contributed by atoms with E-state index in [1.165, 1.54) is 24.1 Å². The summed E-state index contributed by atoms with van der Waals surface area (Å²) in [5.74, 6) is 0. The third kappa shape index (κ3) is 4.44.